The largest absolute Gasteiger partial charge is 0.396 e. The van der Waals surface area contributed by atoms with Crippen molar-refractivity contribution < 1.29 is 5.11 Å². The number of nitrogens with one attached hydrogen (secondary N) is 2. The lowest BCUT2D eigenvalue weighted by Crippen LogP contribution is -2.04. The van der Waals surface area contributed by atoms with E-state index >= 15 is 0 Å². The van der Waals surface area contributed by atoms with Gasteiger partial charge >= 0.3 is 0 Å². The normalized spacial score (nSPS) is 10.3. The van der Waals surface area contributed by atoms with Gasteiger partial charge in [-0.05, 0) is 23.9 Å². The van der Waals surface area contributed by atoms with Gasteiger partial charge in [0, 0.05) is 30.4 Å². The molecule has 0 saturated carbocycles. The molecule has 7 heteroatoms. The van der Waals surface area contributed by atoms with Crippen molar-refractivity contribution in [2.75, 3.05) is 23.8 Å². The third kappa shape index (κ3) is 3.56. The third-order valence-corrected chi connectivity index (χ3v) is 3.44. The van der Waals surface area contributed by atoms with Crippen molar-refractivity contribution in [1.82, 2.24) is 15.0 Å². The zero-order valence-electron chi connectivity index (χ0n) is 12.9. The molecule has 2 heterocycles. The van der Waals surface area contributed by atoms with Gasteiger partial charge in [-0.25, -0.2) is 15.0 Å². The van der Waals surface area contributed by atoms with Crippen molar-refractivity contribution in [3.8, 4) is 6.07 Å². The fourth-order valence-electron chi connectivity index (χ4n) is 2.28. The lowest BCUT2D eigenvalue weighted by molar-refractivity contribution is 0.292. The second-order valence-corrected chi connectivity index (χ2v) is 5.12. The Morgan fingerprint density at radius 1 is 1.08 bits per heavy atom. The maximum atomic E-state index is 8.88. The molecule has 0 aliphatic rings. The minimum atomic E-state index is 0.162. The minimum absolute atomic E-state index is 0.162. The van der Waals surface area contributed by atoms with Gasteiger partial charge in [0.15, 0.2) is 5.69 Å². The fraction of sp³-hybridized carbons (Fsp3) is 0.176. The number of hydrogen-bond donors (Lipinski definition) is 3. The molecule has 1 aromatic carbocycles. The van der Waals surface area contributed by atoms with Crippen LogP contribution in [0, 0.1) is 11.3 Å². The number of aliphatic hydroxyl groups is 1. The number of aliphatic hydroxyl groups excluding tert-OH is 1. The molecule has 0 fully saturated rings. The molecule has 0 bridgehead atoms. The highest BCUT2D eigenvalue weighted by Crippen LogP contribution is 2.25. The van der Waals surface area contributed by atoms with Gasteiger partial charge in [0.05, 0.1) is 12.4 Å². The molecule has 3 N–H and O–H groups in total. The van der Waals surface area contributed by atoms with E-state index in [0.717, 1.165) is 16.5 Å². The molecule has 24 heavy (non-hydrogen) atoms. The van der Waals surface area contributed by atoms with Crippen molar-refractivity contribution in [3.63, 3.8) is 0 Å². The molecule has 120 valence electrons. The van der Waals surface area contributed by atoms with Gasteiger partial charge in [-0.1, -0.05) is 12.1 Å². The molecule has 0 saturated heterocycles. The van der Waals surface area contributed by atoms with E-state index in [9.17, 15) is 0 Å². The minimum Gasteiger partial charge on any atom is -0.396 e. The molecule has 0 atom stereocenters. The fourth-order valence-corrected chi connectivity index (χ4v) is 2.28. The molecule has 2 aromatic heterocycles. The molecule has 0 radical (unpaired) electrons. The molecule has 0 unspecified atom stereocenters. The van der Waals surface area contributed by atoms with Gasteiger partial charge in [0.1, 0.15) is 17.7 Å². The molecule has 0 amide bonds. The molecule has 0 spiro atoms. The Morgan fingerprint density at radius 2 is 1.96 bits per heavy atom. The first-order valence-corrected chi connectivity index (χ1v) is 7.53. The van der Waals surface area contributed by atoms with E-state index < -0.39 is 0 Å². The Labute approximate surface area is 139 Å². The Balaban J connectivity index is 1.81. The van der Waals surface area contributed by atoms with E-state index in [-0.39, 0.29) is 12.3 Å². The van der Waals surface area contributed by atoms with Crippen LogP contribution in [0.15, 0.2) is 42.9 Å². The van der Waals surface area contributed by atoms with Gasteiger partial charge in [-0.15, -0.1) is 0 Å². The van der Waals surface area contributed by atoms with Crippen LogP contribution in [0.25, 0.3) is 10.8 Å². The van der Waals surface area contributed by atoms with Crippen LogP contribution in [0.2, 0.25) is 0 Å². The van der Waals surface area contributed by atoms with Gasteiger partial charge < -0.3 is 15.7 Å². The summed E-state index contributed by atoms with van der Waals surface area (Å²) < 4.78 is 0. The van der Waals surface area contributed by atoms with Crippen LogP contribution in [-0.2, 0) is 0 Å². The molecule has 7 nitrogen and oxygen atoms in total. The molecular formula is C17H16N6O. The lowest BCUT2D eigenvalue weighted by atomic mass is 10.1. The average Bonchev–Trinajstić information content (AvgIpc) is 2.62. The zero-order valence-corrected chi connectivity index (χ0v) is 12.9. The highest BCUT2D eigenvalue weighted by molar-refractivity contribution is 5.94. The standard InChI is InChI=1S/C17H16N6O/c18-8-13-9-21-17(11-20-13)23-16-7-12-3-1-4-15(14(12)10-22-16)19-5-2-6-24/h1,3-4,7,9-11,19,24H,2,5-6H2,(H,21,22,23). The van der Waals surface area contributed by atoms with Crippen molar-refractivity contribution >= 4 is 28.1 Å². The number of nitriles is 1. The van der Waals surface area contributed by atoms with E-state index in [1.54, 1.807) is 6.20 Å². The summed E-state index contributed by atoms with van der Waals surface area (Å²) in [5, 5.41) is 26.0. The van der Waals surface area contributed by atoms with Crippen LogP contribution in [0.5, 0.6) is 0 Å². The monoisotopic (exact) mass is 320 g/mol. The zero-order chi connectivity index (χ0) is 16.8. The summed E-state index contributed by atoms with van der Waals surface area (Å²) in [5.41, 5.74) is 1.25. The summed E-state index contributed by atoms with van der Waals surface area (Å²) in [6.45, 7) is 0.867. The Morgan fingerprint density at radius 3 is 2.71 bits per heavy atom. The van der Waals surface area contributed by atoms with Crippen LogP contribution >= 0.6 is 0 Å². The second-order valence-electron chi connectivity index (χ2n) is 5.12. The number of rotatable bonds is 6. The van der Waals surface area contributed by atoms with Crippen LogP contribution in [0.4, 0.5) is 17.3 Å². The average molecular weight is 320 g/mol. The Hall–Kier alpha value is -3.24. The summed E-state index contributed by atoms with van der Waals surface area (Å²) in [6.07, 6.45) is 5.39. The van der Waals surface area contributed by atoms with E-state index in [2.05, 4.69) is 25.6 Å². The van der Waals surface area contributed by atoms with Gasteiger partial charge in [0.2, 0.25) is 0 Å². The first-order valence-electron chi connectivity index (χ1n) is 7.53. The van der Waals surface area contributed by atoms with Crippen LogP contribution in [0.1, 0.15) is 12.1 Å². The third-order valence-electron chi connectivity index (χ3n) is 3.44. The van der Waals surface area contributed by atoms with E-state index in [0.29, 0.717) is 24.6 Å². The maximum Gasteiger partial charge on any atom is 0.158 e. The van der Waals surface area contributed by atoms with Crippen molar-refractivity contribution in [2.24, 2.45) is 0 Å². The summed E-state index contributed by atoms with van der Waals surface area (Å²) in [6, 6.07) is 9.81. The highest BCUT2D eigenvalue weighted by Gasteiger charge is 2.04. The Kier molecular flexibility index (Phi) is 4.79. The molecule has 0 aliphatic carbocycles. The number of pyridine rings is 1. The molecule has 3 rings (SSSR count). The number of benzene rings is 1. The smallest absolute Gasteiger partial charge is 0.158 e. The van der Waals surface area contributed by atoms with E-state index in [1.807, 2.05) is 30.3 Å². The lowest BCUT2D eigenvalue weighted by Gasteiger charge is -2.10. The maximum absolute atomic E-state index is 8.88. The Bertz CT molecular complexity index is 872. The predicted molar refractivity (Wildman–Crippen MR) is 92.0 cm³/mol. The van der Waals surface area contributed by atoms with E-state index in [4.69, 9.17) is 10.4 Å². The summed E-state index contributed by atoms with van der Waals surface area (Å²) in [7, 11) is 0. The number of aromatic nitrogens is 3. The first kappa shape index (κ1) is 15.6. The van der Waals surface area contributed by atoms with Crippen molar-refractivity contribution in [2.45, 2.75) is 6.42 Å². The van der Waals surface area contributed by atoms with Gasteiger partial charge in [-0.2, -0.15) is 5.26 Å². The van der Waals surface area contributed by atoms with Crippen molar-refractivity contribution in [3.05, 3.63) is 48.5 Å². The summed E-state index contributed by atoms with van der Waals surface area (Å²) in [4.78, 5) is 12.5. The number of fused-ring (bicyclic) bond motifs is 1. The predicted octanol–water partition coefficient (Wildman–Crippen LogP) is 2.43. The highest BCUT2D eigenvalue weighted by atomic mass is 16.3. The van der Waals surface area contributed by atoms with Crippen molar-refractivity contribution in [1.29, 1.82) is 5.26 Å². The second kappa shape index (κ2) is 7.35. The topological polar surface area (TPSA) is 107 Å². The van der Waals surface area contributed by atoms with Crippen LogP contribution in [-0.4, -0.2) is 33.2 Å². The number of hydrogen-bond acceptors (Lipinski definition) is 7. The number of anilines is 3. The van der Waals surface area contributed by atoms with Gasteiger partial charge in [0.25, 0.3) is 0 Å². The molecular weight excluding hydrogens is 304 g/mol. The molecule has 3 aromatic rings. The summed E-state index contributed by atoms with van der Waals surface area (Å²) >= 11 is 0. The quantitative estimate of drug-likeness (QED) is 0.599. The van der Waals surface area contributed by atoms with Gasteiger partial charge in [-0.3, -0.25) is 0 Å². The van der Waals surface area contributed by atoms with Crippen LogP contribution in [0.3, 0.4) is 0 Å². The molecule has 0 aliphatic heterocycles. The summed E-state index contributed by atoms with van der Waals surface area (Å²) in [5.74, 6) is 1.17. The van der Waals surface area contributed by atoms with E-state index in [1.165, 1.54) is 12.4 Å². The first-order chi connectivity index (χ1) is 11.8. The van der Waals surface area contributed by atoms with Crippen LogP contribution < -0.4 is 10.6 Å². The SMILES string of the molecule is N#Cc1cnc(Nc2cc3cccc(NCCCO)c3cn2)cn1. The number of nitrogens with zero attached hydrogens (tertiary/aromatic N) is 4.